The lowest BCUT2D eigenvalue weighted by Gasteiger charge is -2.19. The fraction of sp³-hybridized carbons (Fsp3) is 0.700. The summed E-state index contributed by atoms with van der Waals surface area (Å²) < 4.78 is 0. The molecule has 0 fully saturated rings. The highest BCUT2D eigenvalue weighted by molar-refractivity contribution is 4.91. The molecule has 13 heavy (non-hydrogen) atoms. The van der Waals surface area contributed by atoms with E-state index in [2.05, 4.69) is 35.2 Å². The number of hydrogen-bond acceptors (Lipinski definition) is 3. The first-order chi connectivity index (χ1) is 6.36. The van der Waals surface area contributed by atoms with Crippen LogP contribution in [0.15, 0.2) is 12.4 Å². The molecule has 0 spiro atoms. The smallest absolute Gasteiger partial charge is 0.0894 e. The second-order valence-electron chi connectivity index (χ2n) is 3.33. The van der Waals surface area contributed by atoms with E-state index < -0.39 is 0 Å². The molecule has 1 rings (SSSR count). The van der Waals surface area contributed by atoms with Crippen molar-refractivity contribution in [2.45, 2.75) is 26.2 Å². The molecule has 1 aliphatic heterocycles. The Hall–Kier alpha value is -1.17. The van der Waals surface area contributed by atoms with Crippen molar-refractivity contribution < 1.29 is 0 Å². The molecule has 72 valence electrons. The zero-order chi connectivity index (χ0) is 9.52. The summed E-state index contributed by atoms with van der Waals surface area (Å²) in [4.78, 5) is 4.47. The molecule has 0 aromatic heterocycles. The molecule has 0 saturated heterocycles. The van der Waals surface area contributed by atoms with Crippen LogP contribution in [-0.4, -0.2) is 29.6 Å². The maximum Gasteiger partial charge on any atom is 0.0894 e. The first-order valence-corrected chi connectivity index (χ1v) is 4.90. The first-order valence-electron chi connectivity index (χ1n) is 4.90. The number of nitrogens with zero attached hydrogens (tertiary/aromatic N) is 3. The highest BCUT2D eigenvalue weighted by Crippen LogP contribution is 2.07. The summed E-state index contributed by atoms with van der Waals surface area (Å²) in [6.45, 7) is 5.15. The number of unbranched alkanes of at least 4 members (excludes halogenated alkanes) is 1. The Kier molecular flexibility index (Phi) is 4.17. The maximum atomic E-state index is 8.42. The summed E-state index contributed by atoms with van der Waals surface area (Å²) in [7, 11) is 0. The van der Waals surface area contributed by atoms with Gasteiger partial charge in [-0.05, 0) is 6.42 Å². The van der Waals surface area contributed by atoms with Crippen LogP contribution in [0.3, 0.4) is 0 Å². The minimum Gasteiger partial charge on any atom is -0.359 e. The summed E-state index contributed by atoms with van der Waals surface area (Å²) in [6.07, 6.45) is 7.30. The second-order valence-corrected chi connectivity index (χ2v) is 3.33. The van der Waals surface area contributed by atoms with E-state index in [-0.39, 0.29) is 0 Å². The molecule has 0 aromatic rings. The SMILES string of the molecule is CCCCN1C=CN(CCC#N)C1. The molecule has 0 aliphatic carbocycles. The van der Waals surface area contributed by atoms with Crippen molar-refractivity contribution in [2.75, 3.05) is 19.8 Å². The molecule has 0 bridgehead atoms. The van der Waals surface area contributed by atoms with Gasteiger partial charge in [-0.2, -0.15) is 5.26 Å². The van der Waals surface area contributed by atoms with E-state index in [9.17, 15) is 0 Å². The fourth-order valence-electron chi connectivity index (χ4n) is 1.36. The maximum absolute atomic E-state index is 8.42. The van der Waals surface area contributed by atoms with Gasteiger partial charge in [0.1, 0.15) is 0 Å². The van der Waals surface area contributed by atoms with E-state index in [1.165, 1.54) is 12.8 Å². The topological polar surface area (TPSA) is 30.3 Å². The molecule has 0 saturated carbocycles. The van der Waals surface area contributed by atoms with Gasteiger partial charge in [-0.15, -0.1) is 0 Å². The van der Waals surface area contributed by atoms with E-state index in [4.69, 9.17) is 5.26 Å². The summed E-state index contributed by atoms with van der Waals surface area (Å²) in [5.41, 5.74) is 0. The Morgan fingerprint density at radius 1 is 1.31 bits per heavy atom. The lowest BCUT2D eigenvalue weighted by molar-refractivity contribution is 0.266. The quantitative estimate of drug-likeness (QED) is 0.644. The lowest BCUT2D eigenvalue weighted by Crippen LogP contribution is -2.26. The van der Waals surface area contributed by atoms with Crippen LogP contribution in [0.5, 0.6) is 0 Å². The molecule has 0 radical (unpaired) electrons. The van der Waals surface area contributed by atoms with Gasteiger partial charge >= 0.3 is 0 Å². The third kappa shape index (κ3) is 3.37. The van der Waals surface area contributed by atoms with E-state index in [1.54, 1.807) is 0 Å². The summed E-state index contributed by atoms with van der Waals surface area (Å²) in [5, 5.41) is 8.42. The van der Waals surface area contributed by atoms with Crippen LogP contribution in [0.4, 0.5) is 0 Å². The molecule has 0 unspecified atom stereocenters. The van der Waals surface area contributed by atoms with Gasteiger partial charge in [0.25, 0.3) is 0 Å². The Labute approximate surface area is 80.2 Å². The summed E-state index contributed by atoms with van der Waals surface area (Å²) >= 11 is 0. The van der Waals surface area contributed by atoms with Crippen molar-refractivity contribution in [3.8, 4) is 6.07 Å². The standard InChI is InChI=1S/C10H17N3/c1-2-3-6-12-8-9-13(10-12)7-4-5-11/h8-9H,2-4,6-7,10H2,1H3. The predicted octanol–water partition coefficient (Wildman–Crippen LogP) is 1.75. The van der Waals surface area contributed by atoms with Gasteiger partial charge in [-0.1, -0.05) is 13.3 Å². The van der Waals surface area contributed by atoms with Crippen LogP contribution < -0.4 is 0 Å². The molecule has 0 amide bonds. The predicted molar refractivity (Wildman–Crippen MR) is 52.6 cm³/mol. The molecule has 0 aromatic carbocycles. The fourth-order valence-corrected chi connectivity index (χ4v) is 1.36. The van der Waals surface area contributed by atoms with Crippen LogP contribution in [0.2, 0.25) is 0 Å². The van der Waals surface area contributed by atoms with Crippen molar-refractivity contribution in [3.05, 3.63) is 12.4 Å². The van der Waals surface area contributed by atoms with Crippen LogP contribution in [-0.2, 0) is 0 Å². The average Bonchev–Trinajstić information content (AvgIpc) is 2.59. The van der Waals surface area contributed by atoms with Gasteiger partial charge in [0.15, 0.2) is 0 Å². The highest BCUT2D eigenvalue weighted by atomic mass is 15.3. The Bertz CT molecular complexity index is 205. The van der Waals surface area contributed by atoms with Gasteiger partial charge in [-0.3, -0.25) is 0 Å². The van der Waals surface area contributed by atoms with E-state index in [0.717, 1.165) is 19.8 Å². The molecule has 1 aliphatic rings. The second kappa shape index (κ2) is 5.47. The molecular formula is C10H17N3. The summed E-state index contributed by atoms with van der Waals surface area (Å²) in [5.74, 6) is 0. The minimum absolute atomic E-state index is 0.617. The molecule has 3 nitrogen and oxygen atoms in total. The molecule has 3 heteroatoms. The van der Waals surface area contributed by atoms with Gasteiger partial charge in [-0.25, -0.2) is 0 Å². The van der Waals surface area contributed by atoms with Gasteiger partial charge < -0.3 is 9.80 Å². The van der Waals surface area contributed by atoms with Crippen LogP contribution >= 0.6 is 0 Å². The minimum atomic E-state index is 0.617. The Balaban J connectivity index is 2.15. The first kappa shape index (κ1) is 9.91. The number of hydrogen-bond donors (Lipinski definition) is 0. The van der Waals surface area contributed by atoms with Crippen LogP contribution in [0, 0.1) is 11.3 Å². The van der Waals surface area contributed by atoms with Crippen molar-refractivity contribution in [1.82, 2.24) is 9.80 Å². The van der Waals surface area contributed by atoms with E-state index >= 15 is 0 Å². The van der Waals surface area contributed by atoms with Crippen molar-refractivity contribution >= 4 is 0 Å². The Morgan fingerprint density at radius 2 is 2.00 bits per heavy atom. The zero-order valence-electron chi connectivity index (χ0n) is 8.24. The van der Waals surface area contributed by atoms with Crippen molar-refractivity contribution in [2.24, 2.45) is 0 Å². The summed E-state index contributed by atoms with van der Waals surface area (Å²) in [6, 6.07) is 2.16. The van der Waals surface area contributed by atoms with Crippen LogP contribution in [0.1, 0.15) is 26.2 Å². The van der Waals surface area contributed by atoms with E-state index in [0.29, 0.717) is 6.42 Å². The lowest BCUT2D eigenvalue weighted by atomic mass is 10.3. The molecule has 0 N–H and O–H groups in total. The number of nitriles is 1. The molecule has 1 heterocycles. The van der Waals surface area contributed by atoms with Gasteiger partial charge in [0.05, 0.1) is 19.2 Å². The van der Waals surface area contributed by atoms with Crippen molar-refractivity contribution in [3.63, 3.8) is 0 Å². The van der Waals surface area contributed by atoms with Gasteiger partial charge in [0.2, 0.25) is 0 Å². The molecule has 0 atom stereocenters. The normalized spacial score (nSPS) is 15.1. The third-order valence-corrected chi connectivity index (χ3v) is 2.16. The highest BCUT2D eigenvalue weighted by Gasteiger charge is 2.10. The third-order valence-electron chi connectivity index (χ3n) is 2.16. The van der Waals surface area contributed by atoms with Crippen LogP contribution in [0.25, 0.3) is 0 Å². The number of rotatable bonds is 5. The van der Waals surface area contributed by atoms with Crippen molar-refractivity contribution in [1.29, 1.82) is 5.26 Å². The average molecular weight is 179 g/mol. The molecular weight excluding hydrogens is 162 g/mol. The van der Waals surface area contributed by atoms with Gasteiger partial charge in [0, 0.05) is 25.5 Å². The monoisotopic (exact) mass is 179 g/mol. The Morgan fingerprint density at radius 3 is 2.62 bits per heavy atom. The largest absolute Gasteiger partial charge is 0.359 e. The zero-order valence-corrected chi connectivity index (χ0v) is 8.24. The van der Waals surface area contributed by atoms with E-state index in [1.807, 2.05) is 0 Å².